The van der Waals surface area contributed by atoms with Gasteiger partial charge in [-0.15, -0.1) is 0 Å². The lowest BCUT2D eigenvalue weighted by molar-refractivity contribution is 0.0121. The van der Waals surface area contributed by atoms with Crippen molar-refractivity contribution < 1.29 is 0 Å². The fraction of sp³-hybridized carbons (Fsp3) is 1.00. The van der Waals surface area contributed by atoms with Gasteiger partial charge < -0.3 is 0 Å². The molecule has 0 spiro atoms. The van der Waals surface area contributed by atoms with Crippen molar-refractivity contribution in [3.63, 3.8) is 0 Å². The molecule has 122 valence electrons. The molecule has 0 unspecified atom stereocenters. The molecule has 0 aromatic carbocycles. The van der Waals surface area contributed by atoms with E-state index in [4.69, 9.17) is 0 Å². The summed E-state index contributed by atoms with van der Waals surface area (Å²) < 4.78 is 0. The van der Waals surface area contributed by atoms with Crippen LogP contribution in [0.1, 0.15) is 116 Å². The summed E-state index contributed by atoms with van der Waals surface area (Å²) in [6.45, 7) is 0. The summed E-state index contributed by atoms with van der Waals surface area (Å²) in [5, 5.41) is 0. The van der Waals surface area contributed by atoms with Gasteiger partial charge in [-0.1, -0.05) is 77.0 Å². The van der Waals surface area contributed by atoms with E-state index >= 15 is 0 Å². The summed E-state index contributed by atoms with van der Waals surface area (Å²) in [4.78, 5) is 0. The van der Waals surface area contributed by atoms with Crippen molar-refractivity contribution in [3.05, 3.63) is 0 Å². The van der Waals surface area contributed by atoms with Crippen molar-refractivity contribution in [2.24, 2.45) is 17.3 Å². The van der Waals surface area contributed by atoms with E-state index in [1.165, 1.54) is 38.5 Å². The Morgan fingerprint density at radius 1 is 0.381 bits per heavy atom. The number of rotatable bonds is 2. The minimum absolute atomic E-state index is 0.786. The fourth-order valence-corrected chi connectivity index (χ4v) is 6.25. The molecule has 3 saturated carbocycles. The minimum atomic E-state index is 0.786. The van der Waals surface area contributed by atoms with Crippen LogP contribution in [0.4, 0.5) is 0 Å². The molecule has 21 heavy (non-hydrogen) atoms. The molecule has 0 aromatic rings. The summed E-state index contributed by atoms with van der Waals surface area (Å²) in [7, 11) is 0. The fourth-order valence-electron chi connectivity index (χ4n) is 6.25. The monoisotopic (exact) mass is 290 g/mol. The first-order chi connectivity index (χ1) is 10.4. The Morgan fingerprint density at radius 3 is 1.19 bits per heavy atom. The van der Waals surface area contributed by atoms with E-state index < -0.39 is 0 Å². The third-order valence-corrected chi connectivity index (χ3v) is 7.37. The molecule has 0 N–H and O–H groups in total. The van der Waals surface area contributed by atoms with Gasteiger partial charge in [-0.05, 0) is 55.8 Å². The summed E-state index contributed by atoms with van der Waals surface area (Å²) in [6, 6.07) is 0. The summed E-state index contributed by atoms with van der Waals surface area (Å²) in [5.74, 6) is 2.20. The van der Waals surface area contributed by atoms with Crippen molar-refractivity contribution in [2.45, 2.75) is 116 Å². The molecule has 0 heteroatoms. The van der Waals surface area contributed by atoms with Crippen LogP contribution >= 0.6 is 0 Å². The highest BCUT2D eigenvalue weighted by Crippen LogP contribution is 2.55. The average Bonchev–Trinajstić information content (AvgIpc) is 2.75. The van der Waals surface area contributed by atoms with E-state index in [1.807, 2.05) is 0 Å². The van der Waals surface area contributed by atoms with Crippen LogP contribution in [-0.4, -0.2) is 0 Å². The van der Waals surface area contributed by atoms with Crippen molar-refractivity contribution in [1.29, 1.82) is 0 Å². The quantitative estimate of drug-likeness (QED) is 0.469. The lowest BCUT2D eigenvalue weighted by Gasteiger charge is -2.49. The third kappa shape index (κ3) is 3.85. The first-order valence-corrected chi connectivity index (χ1v) is 10.4. The second-order valence-corrected chi connectivity index (χ2v) is 8.52. The van der Waals surface area contributed by atoms with Crippen molar-refractivity contribution >= 4 is 0 Å². The van der Waals surface area contributed by atoms with Gasteiger partial charge in [0.25, 0.3) is 0 Å². The molecular formula is C21H38. The molecule has 3 fully saturated rings. The maximum absolute atomic E-state index is 1.60. The molecular weight excluding hydrogens is 252 g/mol. The second kappa shape index (κ2) is 8.02. The summed E-state index contributed by atoms with van der Waals surface area (Å²) in [6.07, 6.45) is 27.9. The molecule has 3 aliphatic carbocycles. The van der Waals surface area contributed by atoms with E-state index in [-0.39, 0.29) is 0 Å². The zero-order valence-corrected chi connectivity index (χ0v) is 14.4. The Kier molecular flexibility index (Phi) is 6.07. The Labute approximate surface area is 133 Å². The molecule has 3 rings (SSSR count). The van der Waals surface area contributed by atoms with Crippen molar-refractivity contribution in [1.82, 2.24) is 0 Å². The van der Waals surface area contributed by atoms with Gasteiger partial charge in [0.15, 0.2) is 0 Å². The highest BCUT2D eigenvalue weighted by atomic mass is 14.5. The second-order valence-electron chi connectivity index (χ2n) is 8.52. The van der Waals surface area contributed by atoms with E-state index in [1.54, 1.807) is 77.0 Å². The Balaban J connectivity index is 1.78. The predicted octanol–water partition coefficient (Wildman–Crippen LogP) is 7.27. The van der Waals surface area contributed by atoms with Gasteiger partial charge in [-0.3, -0.25) is 0 Å². The first-order valence-electron chi connectivity index (χ1n) is 10.4. The Hall–Kier alpha value is 0. The summed E-state index contributed by atoms with van der Waals surface area (Å²) >= 11 is 0. The normalized spacial score (nSPS) is 30.3. The van der Waals surface area contributed by atoms with E-state index in [9.17, 15) is 0 Å². The van der Waals surface area contributed by atoms with Crippen LogP contribution in [0.2, 0.25) is 0 Å². The first kappa shape index (κ1) is 15.9. The van der Waals surface area contributed by atoms with Gasteiger partial charge in [-0.25, -0.2) is 0 Å². The zero-order valence-electron chi connectivity index (χ0n) is 14.4. The van der Waals surface area contributed by atoms with Crippen molar-refractivity contribution in [3.8, 4) is 0 Å². The Morgan fingerprint density at radius 2 is 0.714 bits per heavy atom. The lowest BCUT2D eigenvalue weighted by Crippen LogP contribution is -2.39. The highest BCUT2D eigenvalue weighted by molar-refractivity contribution is 4.94. The molecule has 0 aliphatic heterocycles. The molecule has 3 aliphatic rings. The lowest BCUT2D eigenvalue weighted by atomic mass is 9.56. The van der Waals surface area contributed by atoms with Crippen LogP contribution in [0.5, 0.6) is 0 Å². The maximum atomic E-state index is 1.60. The molecule has 0 atom stereocenters. The Bertz CT molecular complexity index is 270. The summed E-state index contributed by atoms with van der Waals surface area (Å²) in [5.41, 5.74) is 0.786. The molecule has 0 amide bonds. The van der Waals surface area contributed by atoms with Gasteiger partial charge in [0, 0.05) is 0 Å². The van der Waals surface area contributed by atoms with Crippen LogP contribution in [0.25, 0.3) is 0 Å². The van der Waals surface area contributed by atoms with E-state index in [0.717, 1.165) is 17.3 Å². The standard InChI is InChI=1S/C21H38/c1-2-7-13-19(14-8-3-1)21(17-11-4-5-12-18-21)20-15-9-6-10-16-20/h19-20H,1-18H2. The van der Waals surface area contributed by atoms with Gasteiger partial charge >= 0.3 is 0 Å². The van der Waals surface area contributed by atoms with E-state index in [0.29, 0.717) is 0 Å². The van der Waals surface area contributed by atoms with Crippen LogP contribution in [0.15, 0.2) is 0 Å². The molecule has 0 saturated heterocycles. The van der Waals surface area contributed by atoms with Crippen LogP contribution in [0, 0.1) is 17.3 Å². The molecule has 0 nitrogen and oxygen atoms in total. The van der Waals surface area contributed by atoms with Gasteiger partial charge in [0.05, 0.1) is 0 Å². The van der Waals surface area contributed by atoms with Gasteiger partial charge in [-0.2, -0.15) is 0 Å². The predicted molar refractivity (Wildman–Crippen MR) is 92.5 cm³/mol. The highest BCUT2D eigenvalue weighted by Gasteiger charge is 2.44. The zero-order chi connectivity index (χ0) is 14.4. The molecule has 0 radical (unpaired) electrons. The van der Waals surface area contributed by atoms with Crippen LogP contribution in [-0.2, 0) is 0 Å². The molecule has 0 aromatic heterocycles. The maximum Gasteiger partial charge on any atom is -0.0241 e. The van der Waals surface area contributed by atoms with Crippen LogP contribution in [0.3, 0.4) is 0 Å². The minimum Gasteiger partial charge on any atom is -0.0533 e. The number of hydrogen-bond acceptors (Lipinski definition) is 0. The van der Waals surface area contributed by atoms with Gasteiger partial charge in [0.1, 0.15) is 0 Å². The van der Waals surface area contributed by atoms with Crippen molar-refractivity contribution in [2.75, 3.05) is 0 Å². The average molecular weight is 291 g/mol. The topological polar surface area (TPSA) is 0 Å². The molecule has 0 heterocycles. The number of hydrogen-bond donors (Lipinski definition) is 0. The third-order valence-electron chi connectivity index (χ3n) is 7.37. The van der Waals surface area contributed by atoms with E-state index in [2.05, 4.69) is 0 Å². The SMILES string of the molecule is C1CCCC(C2(C3CCCCC3)CCCCCC2)CCC1. The smallest absolute Gasteiger partial charge is 0.0241 e. The molecule has 0 bridgehead atoms. The van der Waals surface area contributed by atoms with Crippen LogP contribution < -0.4 is 0 Å². The van der Waals surface area contributed by atoms with Gasteiger partial charge in [0.2, 0.25) is 0 Å². The largest absolute Gasteiger partial charge is 0.0533 e.